The summed E-state index contributed by atoms with van der Waals surface area (Å²) in [6.45, 7) is 2.36. The lowest BCUT2D eigenvalue weighted by atomic mass is 10.2. The van der Waals surface area contributed by atoms with Gasteiger partial charge in [-0.15, -0.1) is 0 Å². The van der Waals surface area contributed by atoms with Crippen LogP contribution < -0.4 is 0 Å². The van der Waals surface area contributed by atoms with E-state index in [2.05, 4.69) is 0 Å². The third-order valence-electron chi connectivity index (χ3n) is 3.26. The van der Waals surface area contributed by atoms with Crippen molar-refractivity contribution in [1.29, 1.82) is 0 Å². The lowest BCUT2D eigenvalue weighted by Crippen LogP contribution is -2.51. The number of thioether (sulfide) groups is 1. The molecule has 1 fully saturated rings. The van der Waals surface area contributed by atoms with Crippen LogP contribution in [0.3, 0.4) is 0 Å². The molecule has 108 valence electrons. The Morgan fingerprint density at radius 2 is 1.85 bits per heavy atom. The number of piperazine rings is 1. The van der Waals surface area contributed by atoms with Crippen molar-refractivity contribution in [3.05, 3.63) is 34.9 Å². The molecule has 0 radical (unpaired) electrons. The topological polar surface area (TPSA) is 40.6 Å². The van der Waals surface area contributed by atoms with Gasteiger partial charge in [0.25, 0.3) is 5.91 Å². The predicted octanol–water partition coefficient (Wildman–Crippen LogP) is 1.99. The van der Waals surface area contributed by atoms with E-state index in [9.17, 15) is 9.59 Å². The summed E-state index contributed by atoms with van der Waals surface area (Å²) in [5.41, 5.74) is 0.599. The van der Waals surface area contributed by atoms with Gasteiger partial charge in [-0.05, 0) is 24.5 Å². The van der Waals surface area contributed by atoms with Gasteiger partial charge in [-0.25, -0.2) is 0 Å². The van der Waals surface area contributed by atoms with Crippen molar-refractivity contribution < 1.29 is 9.59 Å². The zero-order chi connectivity index (χ0) is 14.5. The highest BCUT2D eigenvalue weighted by Gasteiger charge is 2.24. The highest BCUT2D eigenvalue weighted by molar-refractivity contribution is 7.99. The molecule has 1 aromatic rings. The highest BCUT2D eigenvalue weighted by atomic mass is 35.5. The van der Waals surface area contributed by atoms with Crippen molar-refractivity contribution >= 4 is 35.2 Å². The summed E-state index contributed by atoms with van der Waals surface area (Å²) in [6.07, 6.45) is 1.91. The molecule has 1 aromatic carbocycles. The van der Waals surface area contributed by atoms with E-state index in [0.717, 1.165) is 0 Å². The number of rotatable bonds is 3. The van der Waals surface area contributed by atoms with Gasteiger partial charge >= 0.3 is 0 Å². The van der Waals surface area contributed by atoms with Gasteiger partial charge in [0.15, 0.2) is 0 Å². The first kappa shape index (κ1) is 15.2. The lowest BCUT2D eigenvalue weighted by Gasteiger charge is -2.34. The second-order valence-electron chi connectivity index (χ2n) is 4.62. The van der Waals surface area contributed by atoms with Crippen LogP contribution in [0.5, 0.6) is 0 Å². The highest BCUT2D eigenvalue weighted by Crippen LogP contribution is 2.14. The Morgan fingerprint density at radius 1 is 1.20 bits per heavy atom. The number of benzene rings is 1. The molecule has 0 aromatic heterocycles. The molecule has 1 heterocycles. The summed E-state index contributed by atoms with van der Waals surface area (Å²) in [5, 5.41) is 0.560. The molecule has 0 spiro atoms. The predicted molar refractivity (Wildman–Crippen MR) is 82.3 cm³/mol. The van der Waals surface area contributed by atoms with Gasteiger partial charge in [-0.2, -0.15) is 11.8 Å². The molecule has 4 nitrogen and oxygen atoms in total. The van der Waals surface area contributed by atoms with Crippen molar-refractivity contribution in [2.45, 2.75) is 0 Å². The standard InChI is InChI=1S/C14H17ClN2O2S/c1-20-10-13(18)16-5-7-17(8-6-16)14(19)11-3-2-4-12(15)9-11/h2-4,9H,5-8,10H2,1H3. The molecular weight excluding hydrogens is 296 g/mol. The van der Waals surface area contributed by atoms with Crippen molar-refractivity contribution in [2.24, 2.45) is 0 Å². The lowest BCUT2D eigenvalue weighted by molar-refractivity contribution is -0.129. The Kier molecular flexibility index (Phi) is 5.31. The molecule has 0 saturated carbocycles. The molecule has 1 aliphatic rings. The van der Waals surface area contributed by atoms with Crippen LogP contribution in [-0.2, 0) is 4.79 Å². The smallest absolute Gasteiger partial charge is 0.254 e. The average Bonchev–Trinajstić information content (AvgIpc) is 2.47. The fourth-order valence-electron chi connectivity index (χ4n) is 2.18. The molecule has 0 unspecified atom stereocenters. The maximum absolute atomic E-state index is 12.3. The molecule has 0 aliphatic carbocycles. The van der Waals surface area contributed by atoms with Crippen LogP contribution in [0.1, 0.15) is 10.4 Å². The quantitative estimate of drug-likeness (QED) is 0.857. The summed E-state index contributed by atoms with van der Waals surface area (Å²) in [7, 11) is 0. The van der Waals surface area contributed by atoms with Crippen LogP contribution >= 0.6 is 23.4 Å². The number of hydrogen-bond acceptors (Lipinski definition) is 3. The maximum atomic E-state index is 12.3. The molecule has 2 amide bonds. The van der Waals surface area contributed by atoms with Crippen molar-refractivity contribution in [2.75, 3.05) is 38.2 Å². The van der Waals surface area contributed by atoms with Crippen molar-refractivity contribution in [3.8, 4) is 0 Å². The van der Waals surface area contributed by atoms with Crippen LogP contribution in [0.15, 0.2) is 24.3 Å². The van der Waals surface area contributed by atoms with E-state index in [1.807, 2.05) is 11.2 Å². The fourth-order valence-corrected chi connectivity index (χ4v) is 2.80. The van der Waals surface area contributed by atoms with Gasteiger partial charge < -0.3 is 9.80 Å². The zero-order valence-electron chi connectivity index (χ0n) is 11.3. The molecule has 20 heavy (non-hydrogen) atoms. The number of nitrogens with zero attached hydrogens (tertiary/aromatic N) is 2. The van der Waals surface area contributed by atoms with E-state index in [1.54, 1.807) is 29.2 Å². The van der Waals surface area contributed by atoms with Gasteiger partial charge in [0.05, 0.1) is 5.75 Å². The number of carbonyl (C=O) groups excluding carboxylic acids is 2. The van der Waals surface area contributed by atoms with E-state index in [1.165, 1.54) is 11.8 Å². The number of hydrogen-bond donors (Lipinski definition) is 0. The first-order chi connectivity index (χ1) is 9.61. The second-order valence-corrected chi connectivity index (χ2v) is 5.92. The van der Waals surface area contributed by atoms with Crippen LogP contribution in [0.2, 0.25) is 5.02 Å². The maximum Gasteiger partial charge on any atom is 0.254 e. The first-order valence-corrected chi connectivity index (χ1v) is 8.20. The fraction of sp³-hybridized carbons (Fsp3) is 0.429. The van der Waals surface area contributed by atoms with E-state index in [-0.39, 0.29) is 11.8 Å². The summed E-state index contributed by atoms with van der Waals surface area (Å²) in [5.74, 6) is 0.624. The van der Waals surface area contributed by atoms with Crippen LogP contribution in [0.25, 0.3) is 0 Å². The van der Waals surface area contributed by atoms with Gasteiger partial charge in [0, 0.05) is 36.8 Å². The summed E-state index contributed by atoms with van der Waals surface area (Å²) in [6, 6.07) is 6.96. The van der Waals surface area contributed by atoms with E-state index in [0.29, 0.717) is 42.5 Å². The first-order valence-electron chi connectivity index (χ1n) is 6.43. The Hall–Kier alpha value is -1.20. The van der Waals surface area contributed by atoms with Gasteiger partial charge in [0.1, 0.15) is 0 Å². The molecule has 0 N–H and O–H groups in total. The molecule has 6 heteroatoms. The summed E-state index contributed by atoms with van der Waals surface area (Å²) < 4.78 is 0. The SMILES string of the molecule is CSCC(=O)N1CCN(C(=O)c2cccc(Cl)c2)CC1. The molecule has 0 atom stereocenters. The number of carbonyl (C=O) groups is 2. The average molecular weight is 313 g/mol. The van der Waals surface area contributed by atoms with E-state index < -0.39 is 0 Å². The Balaban J connectivity index is 1.93. The number of amides is 2. The van der Waals surface area contributed by atoms with Gasteiger partial charge in [0.2, 0.25) is 5.91 Å². The normalized spacial score (nSPS) is 15.3. The second kappa shape index (κ2) is 6.99. The Morgan fingerprint density at radius 3 is 2.45 bits per heavy atom. The molecule has 0 bridgehead atoms. The van der Waals surface area contributed by atoms with Gasteiger partial charge in [-0.3, -0.25) is 9.59 Å². The summed E-state index contributed by atoms with van der Waals surface area (Å²) >= 11 is 7.42. The third kappa shape index (κ3) is 3.67. The Labute approximate surface area is 128 Å². The van der Waals surface area contributed by atoms with E-state index in [4.69, 9.17) is 11.6 Å². The van der Waals surface area contributed by atoms with Crippen molar-refractivity contribution in [3.63, 3.8) is 0 Å². The van der Waals surface area contributed by atoms with Crippen LogP contribution in [0, 0.1) is 0 Å². The minimum atomic E-state index is -0.0236. The van der Waals surface area contributed by atoms with Gasteiger partial charge in [-0.1, -0.05) is 17.7 Å². The van der Waals surface area contributed by atoms with Crippen LogP contribution in [0.4, 0.5) is 0 Å². The summed E-state index contributed by atoms with van der Waals surface area (Å²) in [4.78, 5) is 27.7. The van der Waals surface area contributed by atoms with E-state index >= 15 is 0 Å². The molecular formula is C14H17ClN2O2S. The molecule has 1 aliphatic heterocycles. The van der Waals surface area contributed by atoms with Crippen molar-refractivity contribution in [1.82, 2.24) is 9.80 Å². The minimum absolute atomic E-state index is 0.0236. The number of halogens is 1. The zero-order valence-corrected chi connectivity index (χ0v) is 12.9. The van der Waals surface area contributed by atoms with Crippen LogP contribution in [-0.4, -0.2) is 59.8 Å². The minimum Gasteiger partial charge on any atom is -0.338 e. The third-order valence-corrected chi connectivity index (χ3v) is 4.03. The molecule has 2 rings (SSSR count). The monoisotopic (exact) mass is 312 g/mol. The molecule has 1 saturated heterocycles. The Bertz CT molecular complexity index is 502. The largest absolute Gasteiger partial charge is 0.338 e.